The molecule has 22 heavy (non-hydrogen) atoms. The summed E-state index contributed by atoms with van der Waals surface area (Å²) in [5.41, 5.74) is 0. The van der Waals surface area contributed by atoms with Crippen molar-refractivity contribution in [3.63, 3.8) is 0 Å². The molecule has 0 radical (unpaired) electrons. The summed E-state index contributed by atoms with van der Waals surface area (Å²) in [6.07, 6.45) is 0. The van der Waals surface area contributed by atoms with Crippen molar-refractivity contribution in [3.05, 3.63) is 60.7 Å². The topological polar surface area (TPSA) is 93.1 Å². The van der Waals surface area contributed by atoms with E-state index in [0.717, 1.165) is 12.0 Å². The van der Waals surface area contributed by atoms with Gasteiger partial charge in [0, 0.05) is 21.8 Å². The Morgan fingerprint density at radius 2 is 1.32 bits per heavy atom. The number of hydrogen-bond donors (Lipinski definition) is 2. The molecule has 2 N–H and O–H groups in total. The molecule has 118 valence electrons. The molecule has 0 aliphatic rings. The molecule has 0 amide bonds. The Bertz CT molecular complexity index is 691. The second-order valence-corrected chi connectivity index (χ2v) is 10.2. The molecule has 6 nitrogen and oxygen atoms in total. The molecule has 1 unspecified atom stereocenters. The monoisotopic (exact) mass is 378 g/mol. The van der Waals surface area contributed by atoms with Gasteiger partial charge in [0.1, 0.15) is 0 Å². The molecule has 2 aromatic carbocycles. The molecule has 0 fully saturated rings. The van der Waals surface area contributed by atoms with E-state index < -0.39 is 14.6 Å². The van der Waals surface area contributed by atoms with E-state index in [-0.39, 0.29) is 0 Å². The van der Waals surface area contributed by atoms with Crippen molar-refractivity contribution >= 4 is 38.0 Å². The Kier molecular flexibility index (Phi) is 6.32. The molecule has 0 aliphatic carbocycles. The van der Waals surface area contributed by atoms with E-state index in [1.54, 1.807) is 60.7 Å². The number of benzene rings is 2. The summed E-state index contributed by atoms with van der Waals surface area (Å²) in [6, 6.07) is 17.2. The van der Waals surface area contributed by atoms with Gasteiger partial charge in [0.05, 0.1) is 0 Å². The molecule has 0 saturated heterocycles. The minimum absolute atomic E-state index is 0.507. The van der Waals surface area contributed by atoms with Crippen LogP contribution in [0, 0.1) is 0 Å². The van der Waals surface area contributed by atoms with Gasteiger partial charge in [0.2, 0.25) is 0 Å². The van der Waals surface area contributed by atoms with Crippen molar-refractivity contribution in [2.24, 2.45) is 0 Å². The van der Waals surface area contributed by atoms with Crippen LogP contribution in [0.5, 0.6) is 0 Å². The van der Waals surface area contributed by atoms with Gasteiger partial charge in [-0.15, -0.1) is 0 Å². The first-order valence-electron chi connectivity index (χ1n) is 5.89. The van der Waals surface area contributed by atoms with E-state index in [1.807, 2.05) is 0 Å². The lowest BCUT2D eigenvalue weighted by Gasteiger charge is -2.16. The van der Waals surface area contributed by atoms with Crippen LogP contribution in [0.1, 0.15) is 0 Å². The van der Waals surface area contributed by atoms with Crippen molar-refractivity contribution in [3.8, 4) is 0 Å². The zero-order valence-electron chi connectivity index (χ0n) is 11.0. The zero-order chi connectivity index (χ0) is 16.1. The summed E-state index contributed by atoms with van der Waals surface area (Å²) in [5.74, 6) is 0. The lowest BCUT2D eigenvalue weighted by molar-refractivity contribution is 0.275. The minimum atomic E-state index is -4.97. The largest absolute Gasteiger partial charge is 0.477 e. The summed E-state index contributed by atoms with van der Waals surface area (Å²) >= 11 is 1.37. The first-order valence-corrected chi connectivity index (χ1v) is 11.1. The molecular weight excluding hydrogens is 366 g/mol. The van der Waals surface area contributed by atoms with Crippen LogP contribution in [0.2, 0.25) is 0 Å². The van der Waals surface area contributed by atoms with Crippen LogP contribution in [0.3, 0.4) is 0 Å². The molecule has 0 aromatic heterocycles. The van der Waals surface area contributed by atoms with Crippen LogP contribution >= 0.6 is 38.0 Å². The smallest absolute Gasteiger partial charge is 0.302 e. The van der Waals surface area contributed by atoms with E-state index in [0.29, 0.717) is 21.2 Å². The van der Waals surface area contributed by atoms with Crippen LogP contribution in [0.25, 0.3) is 0 Å². The Morgan fingerprint density at radius 3 is 1.82 bits per heavy atom. The average molecular weight is 378 g/mol. The van der Waals surface area contributed by atoms with Crippen molar-refractivity contribution in [1.29, 1.82) is 0 Å². The Balaban J connectivity index is 2.14. The zero-order valence-corrected chi connectivity index (χ0v) is 14.4. The first-order chi connectivity index (χ1) is 10.4. The van der Waals surface area contributed by atoms with Crippen molar-refractivity contribution in [1.82, 2.24) is 0 Å². The Morgan fingerprint density at radius 1 is 0.818 bits per heavy atom. The maximum absolute atomic E-state index is 12.6. The molecular formula is C12H12O6P2S2. The second-order valence-electron chi connectivity index (χ2n) is 3.89. The SMILES string of the molecule is O=P(O)(O)OP(=O)(OSc1ccccc1)Sc1ccccc1. The van der Waals surface area contributed by atoms with E-state index in [2.05, 4.69) is 4.31 Å². The average Bonchev–Trinajstić information content (AvgIpc) is 2.45. The summed E-state index contributed by atoms with van der Waals surface area (Å²) in [5, 5.41) is 0. The van der Waals surface area contributed by atoms with Crippen molar-refractivity contribution in [2.45, 2.75) is 9.79 Å². The summed E-state index contributed by atoms with van der Waals surface area (Å²) < 4.78 is 33.1. The third-order valence-electron chi connectivity index (χ3n) is 2.13. The second kappa shape index (κ2) is 7.81. The van der Waals surface area contributed by atoms with Crippen LogP contribution in [0.15, 0.2) is 70.5 Å². The third-order valence-corrected chi connectivity index (χ3v) is 8.44. The van der Waals surface area contributed by atoms with Gasteiger partial charge < -0.3 is 9.79 Å². The van der Waals surface area contributed by atoms with Gasteiger partial charge in [-0.25, -0.2) is 13.1 Å². The number of hydrogen-bond acceptors (Lipinski definition) is 6. The fourth-order valence-electron chi connectivity index (χ4n) is 1.35. The van der Waals surface area contributed by atoms with Gasteiger partial charge in [-0.2, -0.15) is 4.31 Å². The van der Waals surface area contributed by atoms with Crippen LogP contribution in [-0.4, -0.2) is 9.79 Å². The highest BCUT2D eigenvalue weighted by molar-refractivity contribution is 8.56. The molecule has 10 heteroatoms. The highest BCUT2D eigenvalue weighted by atomic mass is 32.7. The molecule has 0 heterocycles. The van der Waals surface area contributed by atoms with Crippen LogP contribution in [-0.2, 0) is 17.4 Å². The molecule has 0 saturated carbocycles. The molecule has 0 bridgehead atoms. The molecule has 2 rings (SSSR count). The lowest BCUT2D eigenvalue weighted by atomic mass is 10.4. The number of phosphoric acid groups is 1. The van der Waals surface area contributed by atoms with Gasteiger partial charge in [-0.3, -0.25) is 0 Å². The Hall–Kier alpha value is -0.560. The van der Waals surface area contributed by atoms with Gasteiger partial charge in [-0.1, -0.05) is 36.4 Å². The molecule has 2 aromatic rings. The normalized spacial score (nSPS) is 14.5. The molecule has 0 aliphatic heterocycles. The van der Waals surface area contributed by atoms with Crippen molar-refractivity contribution in [2.75, 3.05) is 0 Å². The van der Waals surface area contributed by atoms with Crippen LogP contribution in [0.4, 0.5) is 0 Å². The predicted molar refractivity (Wildman–Crippen MR) is 86.4 cm³/mol. The van der Waals surface area contributed by atoms with E-state index in [1.165, 1.54) is 0 Å². The maximum atomic E-state index is 12.6. The summed E-state index contributed by atoms with van der Waals surface area (Å²) in [7, 11) is -4.97. The Labute approximate surface area is 136 Å². The standard InChI is InChI=1S/C12H12O6P2S2/c13-19(14,15)17-20(16,22-12-9-5-2-6-10-12)18-21-11-7-3-1-4-8-11/h1-10H,(H2,13,14,15). The van der Waals surface area contributed by atoms with Gasteiger partial charge in [-0.05, 0) is 35.6 Å². The summed E-state index contributed by atoms with van der Waals surface area (Å²) in [4.78, 5) is 19.0. The quantitative estimate of drug-likeness (QED) is 0.528. The van der Waals surface area contributed by atoms with E-state index in [4.69, 9.17) is 13.8 Å². The van der Waals surface area contributed by atoms with E-state index in [9.17, 15) is 9.13 Å². The lowest BCUT2D eigenvalue weighted by Crippen LogP contribution is -1.87. The minimum Gasteiger partial charge on any atom is -0.302 e. The number of rotatable bonds is 7. The van der Waals surface area contributed by atoms with Gasteiger partial charge in [0.25, 0.3) is 0 Å². The third kappa shape index (κ3) is 6.28. The maximum Gasteiger partial charge on any atom is 0.477 e. The van der Waals surface area contributed by atoms with Gasteiger partial charge in [0.15, 0.2) is 0 Å². The predicted octanol–water partition coefficient (Wildman–Crippen LogP) is 4.72. The highest BCUT2D eigenvalue weighted by Crippen LogP contribution is 2.72. The fraction of sp³-hybridized carbons (Fsp3) is 0. The van der Waals surface area contributed by atoms with Crippen molar-refractivity contribution < 1.29 is 27.2 Å². The van der Waals surface area contributed by atoms with E-state index >= 15 is 0 Å². The van der Waals surface area contributed by atoms with Gasteiger partial charge >= 0.3 is 14.6 Å². The van der Waals surface area contributed by atoms with Crippen LogP contribution < -0.4 is 0 Å². The molecule has 1 atom stereocenters. The fourth-order valence-corrected chi connectivity index (χ4v) is 7.29. The highest BCUT2D eigenvalue weighted by Gasteiger charge is 2.36. The molecule has 0 spiro atoms. The first kappa shape index (κ1) is 17.8. The summed E-state index contributed by atoms with van der Waals surface area (Å²) in [6.45, 7) is -4.11.